The predicted molar refractivity (Wildman–Crippen MR) is 48.5 cm³/mol. The number of aliphatic hydroxyl groups excluding tert-OH is 1. The van der Waals surface area contributed by atoms with E-state index in [9.17, 15) is 5.11 Å². The third-order valence-electron chi connectivity index (χ3n) is 2.40. The molecular weight excluding hydrogens is 184 g/mol. The first-order valence-corrected chi connectivity index (χ1v) is 4.61. The van der Waals surface area contributed by atoms with Gasteiger partial charge in [-0.25, -0.2) is 4.68 Å². The highest BCUT2D eigenvalue weighted by Gasteiger charge is 2.30. The van der Waals surface area contributed by atoms with E-state index in [2.05, 4.69) is 10.3 Å². The van der Waals surface area contributed by atoms with Crippen LogP contribution in [0.4, 0.5) is 0 Å². The van der Waals surface area contributed by atoms with Crippen LogP contribution in [0.15, 0.2) is 6.20 Å². The molecule has 0 amide bonds. The van der Waals surface area contributed by atoms with Crippen LogP contribution in [-0.4, -0.2) is 39.4 Å². The molecule has 0 radical (unpaired) electrons. The molecule has 0 spiro atoms. The zero-order chi connectivity index (χ0) is 10.1. The first-order valence-electron chi connectivity index (χ1n) is 4.61. The molecule has 0 saturated carbocycles. The van der Waals surface area contributed by atoms with E-state index in [0.29, 0.717) is 13.2 Å². The van der Waals surface area contributed by atoms with E-state index in [1.54, 1.807) is 10.9 Å². The van der Waals surface area contributed by atoms with E-state index in [-0.39, 0.29) is 12.1 Å². The highest BCUT2D eigenvalue weighted by Crippen LogP contribution is 2.21. The summed E-state index contributed by atoms with van der Waals surface area (Å²) in [6.07, 6.45) is 1.10. The van der Waals surface area contributed by atoms with Gasteiger partial charge in [0.1, 0.15) is 12.1 Å². The molecule has 1 aromatic rings. The Balaban J connectivity index is 2.26. The number of nitrogens with zero attached hydrogens (tertiary/aromatic N) is 3. The normalized spacial score (nSPS) is 29.4. The zero-order valence-electron chi connectivity index (χ0n) is 8.00. The molecule has 2 heterocycles. The molecule has 14 heavy (non-hydrogen) atoms. The number of rotatable bonds is 2. The Morgan fingerprint density at radius 2 is 2.50 bits per heavy atom. The van der Waals surface area contributed by atoms with Crippen LogP contribution in [0.5, 0.6) is 0 Å². The van der Waals surface area contributed by atoms with Crippen molar-refractivity contribution in [3.8, 4) is 0 Å². The summed E-state index contributed by atoms with van der Waals surface area (Å²) in [5.41, 5.74) is 6.57. The summed E-state index contributed by atoms with van der Waals surface area (Å²) >= 11 is 0. The highest BCUT2D eigenvalue weighted by atomic mass is 16.5. The highest BCUT2D eigenvalue weighted by molar-refractivity contribution is 5.02. The largest absolute Gasteiger partial charge is 0.388 e. The zero-order valence-corrected chi connectivity index (χ0v) is 8.00. The third-order valence-corrected chi connectivity index (χ3v) is 2.40. The second kappa shape index (κ2) is 3.64. The van der Waals surface area contributed by atoms with Crippen LogP contribution >= 0.6 is 0 Å². The second-order valence-corrected chi connectivity index (χ2v) is 3.56. The van der Waals surface area contributed by atoms with Crippen molar-refractivity contribution in [2.75, 3.05) is 13.2 Å². The first-order chi connectivity index (χ1) is 6.70. The van der Waals surface area contributed by atoms with Gasteiger partial charge < -0.3 is 15.6 Å². The van der Waals surface area contributed by atoms with Gasteiger partial charge in [-0.2, -0.15) is 0 Å². The van der Waals surface area contributed by atoms with E-state index >= 15 is 0 Å². The summed E-state index contributed by atoms with van der Waals surface area (Å²) in [5, 5.41) is 17.3. The van der Waals surface area contributed by atoms with Crippen molar-refractivity contribution in [1.29, 1.82) is 0 Å². The summed E-state index contributed by atoms with van der Waals surface area (Å²) in [4.78, 5) is 0. The van der Waals surface area contributed by atoms with Crippen molar-refractivity contribution >= 4 is 0 Å². The Kier molecular flexibility index (Phi) is 2.49. The second-order valence-electron chi connectivity index (χ2n) is 3.56. The molecule has 2 unspecified atom stereocenters. The number of nitrogens with two attached hydrogens (primary N) is 1. The Labute approximate surface area is 81.7 Å². The quantitative estimate of drug-likeness (QED) is 0.651. The van der Waals surface area contributed by atoms with Crippen molar-refractivity contribution in [2.24, 2.45) is 5.73 Å². The van der Waals surface area contributed by atoms with Crippen LogP contribution in [0.3, 0.4) is 0 Å². The molecule has 0 aromatic carbocycles. The van der Waals surface area contributed by atoms with Gasteiger partial charge in [0.05, 0.1) is 25.1 Å². The summed E-state index contributed by atoms with van der Waals surface area (Å²) in [6, 6.07) is -0.295. The average molecular weight is 198 g/mol. The standard InChI is InChI=1S/C8H14N4O2/c1-5(9)6-2-10-11-12(6)7-3-14-4-8(7)13/h2,5,7-8,13H,3-4,9H2,1H3/t5-,7?,8?/m1/s1. The van der Waals surface area contributed by atoms with Gasteiger partial charge in [-0.3, -0.25) is 0 Å². The molecule has 2 rings (SSSR count). The number of hydrogen-bond donors (Lipinski definition) is 2. The van der Waals surface area contributed by atoms with Gasteiger partial charge in [-0.05, 0) is 6.92 Å². The van der Waals surface area contributed by atoms with E-state index in [0.717, 1.165) is 5.69 Å². The van der Waals surface area contributed by atoms with Gasteiger partial charge in [0.2, 0.25) is 0 Å². The average Bonchev–Trinajstić information content (AvgIpc) is 2.70. The molecule has 3 N–H and O–H groups in total. The van der Waals surface area contributed by atoms with Crippen LogP contribution in [0.1, 0.15) is 24.7 Å². The van der Waals surface area contributed by atoms with Gasteiger partial charge in [-0.1, -0.05) is 5.21 Å². The van der Waals surface area contributed by atoms with Crippen molar-refractivity contribution < 1.29 is 9.84 Å². The summed E-state index contributed by atoms with van der Waals surface area (Å²) in [7, 11) is 0. The lowest BCUT2D eigenvalue weighted by Crippen LogP contribution is -2.26. The SMILES string of the molecule is C[C@@H](N)c1cnnn1C1COCC1O. The van der Waals surface area contributed by atoms with Crippen LogP contribution in [0.2, 0.25) is 0 Å². The lowest BCUT2D eigenvalue weighted by molar-refractivity contribution is 0.117. The maximum absolute atomic E-state index is 9.61. The third kappa shape index (κ3) is 1.52. The predicted octanol–water partition coefficient (Wildman–Crippen LogP) is -0.770. The summed E-state index contributed by atoms with van der Waals surface area (Å²) < 4.78 is 6.80. The number of aromatic nitrogens is 3. The monoisotopic (exact) mass is 198 g/mol. The molecule has 6 heteroatoms. The Morgan fingerprint density at radius 3 is 3.07 bits per heavy atom. The minimum atomic E-state index is -0.519. The molecule has 1 aliphatic rings. The minimum Gasteiger partial charge on any atom is -0.388 e. The Hall–Kier alpha value is -0.980. The lowest BCUT2D eigenvalue weighted by atomic mass is 10.2. The van der Waals surface area contributed by atoms with Gasteiger partial charge in [0, 0.05) is 6.04 Å². The summed E-state index contributed by atoms with van der Waals surface area (Å²) in [5.74, 6) is 0. The van der Waals surface area contributed by atoms with E-state index in [1.165, 1.54) is 0 Å². The summed E-state index contributed by atoms with van der Waals surface area (Å²) in [6.45, 7) is 2.67. The van der Waals surface area contributed by atoms with Crippen LogP contribution in [-0.2, 0) is 4.74 Å². The Morgan fingerprint density at radius 1 is 1.71 bits per heavy atom. The molecule has 1 fully saturated rings. The van der Waals surface area contributed by atoms with Gasteiger partial charge in [-0.15, -0.1) is 5.10 Å². The van der Waals surface area contributed by atoms with Crippen LogP contribution < -0.4 is 5.73 Å². The molecule has 78 valence electrons. The van der Waals surface area contributed by atoms with E-state index in [4.69, 9.17) is 10.5 Å². The Bertz CT molecular complexity index is 312. The van der Waals surface area contributed by atoms with Gasteiger partial charge >= 0.3 is 0 Å². The van der Waals surface area contributed by atoms with Gasteiger partial charge in [0.25, 0.3) is 0 Å². The molecule has 1 aliphatic heterocycles. The maximum Gasteiger partial charge on any atom is 0.105 e. The topological polar surface area (TPSA) is 86.2 Å². The number of ether oxygens (including phenoxy) is 1. The molecular formula is C8H14N4O2. The molecule has 0 aliphatic carbocycles. The molecule has 6 nitrogen and oxygen atoms in total. The molecule has 1 aromatic heterocycles. The smallest absolute Gasteiger partial charge is 0.105 e. The van der Waals surface area contributed by atoms with Gasteiger partial charge in [0.15, 0.2) is 0 Å². The molecule has 3 atom stereocenters. The first kappa shape index (κ1) is 9.57. The fraction of sp³-hybridized carbons (Fsp3) is 0.750. The molecule has 1 saturated heterocycles. The van der Waals surface area contributed by atoms with Crippen LogP contribution in [0, 0.1) is 0 Å². The fourth-order valence-corrected chi connectivity index (χ4v) is 1.60. The van der Waals surface area contributed by atoms with Crippen LogP contribution in [0.25, 0.3) is 0 Å². The molecule has 0 bridgehead atoms. The number of hydrogen-bond acceptors (Lipinski definition) is 5. The maximum atomic E-state index is 9.61. The van der Waals surface area contributed by atoms with E-state index in [1.807, 2.05) is 6.92 Å². The number of aliphatic hydroxyl groups is 1. The van der Waals surface area contributed by atoms with Crippen molar-refractivity contribution in [2.45, 2.75) is 25.1 Å². The fourth-order valence-electron chi connectivity index (χ4n) is 1.60. The van der Waals surface area contributed by atoms with E-state index < -0.39 is 6.10 Å². The van der Waals surface area contributed by atoms with Crippen molar-refractivity contribution in [3.63, 3.8) is 0 Å². The lowest BCUT2D eigenvalue weighted by Gasteiger charge is -2.16. The minimum absolute atomic E-state index is 0.141. The van der Waals surface area contributed by atoms with Crippen molar-refractivity contribution in [1.82, 2.24) is 15.0 Å². The van der Waals surface area contributed by atoms with Crippen molar-refractivity contribution in [3.05, 3.63) is 11.9 Å².